The Bertz CT molecular complexity index is 969. The van der Waals surface area contributed by atoms with E-state index in [9.17, 15) is 13.2 Å². The average molecular weight is 358 g/mol. The third-order valence-corrected chi connectivity index (χ3v) is 6.29. The van der Waals surface area contributed by atoms with Gasteiger partial charge in [0, 0.05) is 6.54 Å². The number of rotatable bonds is 2. The molecular weight excluding hydrogens is 340 g/mol. The van der Waals surface area contributed by atoms with Crippen LogP contribution >= 0.6 is 0 Å². The fourth-order valence-electron chi connectivity index (χ4n) is 3.29. The maximum Gasteiger partial charge on any atom is 0.264 e. The van der Waals surface area contributed by atoms with Crippen LogP contribution in [0.25, 0.3) is 0 Å². The number of benzene rings is 2. The average Bonchev–Trinajstić information content (AvgIpc) is 2.60. The predicted octanol–water partition coefficient (Wildman–Crippen LogP) is 2.47. The van der Waals surface area contributed by atoms with Gasteiger partial charge in [0.15, 0.2) is 6.61 Å². The minimum absolute atomic E-state index is 0.0576. The number of ether oxygens (including phenoxy) is 1. The summed E-state index contributed by atoms with van der Waals surface area (Å²) in [6.07, 6.45) is 1.65. The molecule has 1 N–H and O–H groups in total. The normalized spacial score (nSPS) is 16.5. The van der Waals surface area contributed by atoms with Gasteiger partial charge < -0.3 is 10.1 Å². The van der Waals surface area contributed by atoms with E-state index >= 15 is 0 Å². The van der Waals surface area contributed by atoms with E-state index in [2.05, 4.69) is 5.32 Å². The summed E-state index contributed by atoms with van der Waals surface area (Å²) in [5, 5.41) is 2.66. The minimum Gasteiger partial charge on any atom is -0.482 e. The highest BCUT2D eigenvalue weighted by Gasteiger charge is 2.30. The number of hydrogen-bond acceptors (Lipinski definition) is 4. The summed E-state index contributed by atoms with van der Waals surface area (Å²) in [5.74, 6) is 0.189. The summed E-state index contributed by atoms with van der Waals surface area (Å²) < 4.78 is 33.1. The summed E-state index contributed by atoms with van der Waals surface area (Å²) in [4.78, 5) is 11.6. The molecule has 4 rings (SSSR count). The molecule has 0 saturated carbocycles. The molecule has 2 heterocycles. The van der Waals surface area contributed by atoms with Gasteiger partial charge in [-0.15, -0.1) is 0 Å². The van der Waals surface area contributed by atoms with Crippen molar-refractivity contribution >= 4 is 27.3 Å². The second kappa shape index (κ2) is 5.77. The number of carbonyl (C=O) groups is 1. The SMILES string of the molecule is Cc1ccc2c(c1)CCCN2S(=O)(=O)c1ccc2c(c1)NC(=O)CO2. The topological polar surface area (TPSA) is 75.7 Å². The molecule has 1 amide bonds. The number of aryl methyl sites for hydroxylation is 2. The molecule has 2 aromatic carbocycles. The Labute approximate surface area is 146 Å². The van der Waals surface area contributed by atoms with Crippen LogP contribution < -0.4 is 14.4 Å². The fraction of sp³-hybridized carbons (Fsp3) is 0.278. The van der Waals surface area contributed by atoms with Gasteiger partial charge in [-0.1, -0.05) is 17.7 Å². The molecule has 0 unspecified atom stereocenters. The summed E-state index contributed by atoms with van der Waals surface area (Å²) in [6, 6.07) is 10.4. The Morgan fingerprint density at radius 3 is 2.84 bits per heavy atom. The molecule has 0 atom stereocenters. The van der Waals surface area contributed by atoms with Crippen LogP contribution in [0.5, 0.6) is 5.75 Å². The number of fused-ring (bicyclic) bond motifs is 2. The van der Waals surface area contributed by atoms with E-state index < -0.39 is 10.0 Å². The van der Waals surface area contributed by atoms with Crippen LogP contribution in [0.4, 0.5) is 11.4 Å². The van der Waals surface area contributed by atoms with Crippen molar-refractivity contribution in [1.29, 1.82) is 0 Å². The van der Waals surface area contributed by atoms with Crippen molar-refractivity contribution in [3.63, 3.8) is 0 Å². The van der Waals surface area contributed by atoms with Crippen molar-refractivity contribution in [3.05, 3.63) is 47.5 Å². The molecule has 0 bridgehead atoms. The first-order valence-electron chi connectivity index (χ1n) is 8.14. The Kier molecular flexibility index (Phi) is 3.68. The van der Waals surface area contributed by atoms with Crippen molar-refractivity contribution in [1.82, 2.24) is 0 Å². The second-order valence-electron chi connectivity index (χ2n) is 6.31. The molecule has 2 aliphatic rings. The molecule has 0 saturated heterocycles. The van der Waals surface area contributed by atoms with Crippen LogP contribution in [0.2, 0.25) is 0 Å². The van der Waals surface area contributed by atoms with E-state index in [0.29, 0.717) is 18.0 Å². The monoisotopic (exact) mass is 358 g/mol. The molecule has 0 fully saturated rings. The van der Waals surface area contributed by atoms with Gasteiger partial charge in [0.1, 0.15) is 5.75 Å². The lowest BCUT2D eigenvalue weighted by Gasteiger charge is -2.31. The van der Waals surface area contributed by atoms with E-state index in [1.54, 1.807) is 6.07 Å². The fourth-order valence-corrected chi connectivity index (χ4v) is 4.86. The van der Waals surface area contributed by atoms with Crippen molar-refractivity contribution in [2.75, 3.05) is 22.8 Å². The zero-order valence-corrected chi connectivity index (χ0v) is 14.6. The molecule has 130 valence electrons. The molecule has 7 heteroatoms. The molecule has 0 radical (unpaired) electrons. The number of nitrogens with one attached hydrogen (secondary N) is 1. The lowest BCUT2D eigenvalue weighted by atomic mass is 10.0. The number of hydrogen-bond donors (Lipinski definition) is 1. The molecule has 6 nitrogen and oxygen atoms in total. The Morgan fingerprint density at radius 1 is 1.16 bits per heavy atom. The third kappa shape index (κ3) is 2.74. The third-order valence-electron chi connectivity index (χ3n) is 4.48. The van der Waals surface area contributed by atoms with E-state index in [-0.39, 0.29) is 17.4 Å². The summed E-state index contributed by atoms with van der Waals surface area (Å²) >= 11 is 0. The lowest BCUT2D eigenvalue weighted by molar-refractivity contribution is -0.118. The molecule has 0 spiro atoms. The number of nitrogens with zero attached hydrogens (tertiary/aromatic N) is 1. The quantitative estimate of drug-likeness (QED) is 0.895. The molecule has 2 aliphatic heterocycles. The molecule has 0 aliphatic carbocycles. The Morgan fingerprint density at radius 2 is 2.00 bits per heavy atom. The van der Waals surface area contributed by atoms with Gasteiger partial charge in [-0.2, -0.15) is 0 Å². The zero-order valence-electron chi connectivity index (χ0n) is 13.8. The Hall–Kier alpha value is -2.54. The van der Waals surface area contributed by atoms with Gasteiger partial charge in [-0.25, -0.2) is 8.42 Å². The predicted molar refractivity (Wildman–Crippen MR) is 94.6 cm³/mol. The van der Waals surface area contributed by atoms with Gasteiger partial charge in [0.05, 0.1) is 16.3 Å². The Balaban J connectivity index is 1.76. The first-order valence-corrected chi connectivity index (χ1v) is 9.58. The van der Waals surface area contributed by atoms with Gasteiger partial charge in [-0.05, 0) is 49.6 Å². The largest absolute Gasteiger partial charge is 0.482 e. The van der Waals surface area contributed by atoms with Gasteiger partial charge in [0.2, 0.25) is 0 Å². The summed E-state index contributed by atoms with van der Waals surface area (Å²) in [7, 11) is -3.71. The van der Waals surface area contributed by atoms with Crippen molar-refractivity contribution in [3.8, 4) is 5.75 Å². The molecule has 25 heavy (non-hydrogen) atoms. The van der Waals surface area contributed by atoms with Crippen LogP contribution in [0.1, 0.15) is 17.5 Å². The smallest absolute Gasteiger partial charge is 0.264 e. The number of carbonyl (C=O) groups excluding carboxylic acids is 1. The molecular formula is C18H18N2O4S. The van der Waals surface area contributed by atoms with Crippen molar-refractivity contribution < 1.29 is 17.9 Å². The first-order chi connectivity index (χ1) is 11.9. The molecule has 0 aromatic heterocycles. The van der Waals surface area contributed by atoms with E-state index in [0.717, 1.165) is 29.7 Å². The number of amides is 1. The van der Waals surface area contributed by atoms with Crippen LogP contribution in [-0.2, 0) is 21.2 Å². The highest BCUT2D eigenvalue weighted by Crippen LogP contribution is 2.35. The standard InChI is InChI=1S/C18H18N2O4S/c1-12-4-6-16-13(9-12)3-2-8-20(16)25(22,23)14-5-7-17-15(10-14)19-18(21)11-24-17/h4-7,9-10H,2-3,8,11H2,1H3,(H,19,21). The van der Waals surface area contributed by atoms with Crippen LogP contribution in [0, 0.1) is 6.92 Å². The van der Waals surface area contributed by atoms with E-state index in [1.165, 1.54) is 16.4 Å². The maximum absolute atomic E-state index is 13.2. The van der Waals surface area contributed by atoms with Crippen LogP contribution in [-0.4, -0.2) is 27.5 Å². The summed E-state index contributed by atoms with van der Waals surface area (Å²) in [6.45, 7) is 2.39. The number of anilines is 2. The van der Waals surface area contributed by atoms with Gasteiger partial charge in [-0.3, -0.25) is 9.10 Å². The highest BCUT2D eigenvalue weighted by atomic mass is 32.2. The van der Waals surface area contributed by atoms with E-state index in [4.69, 9.17) is 4.74 Å². The highest BCUT2D eigenvalue weighted by molar-refractivity contribution is 7.92. The van der Waals surface area contributed by atoms with Crippen LogP contribution in [0.3, 0.4) is 0 Å². The minimum atomic E-state index is -3.71. The molecule has 2 aromatic rings. The van der Waals surface area contributed by atoms with Crippen LogP contribution in [0.15, 0.2) is 41.3 Å². The van der Waals surface area contributed by atoms with Crippen molar-refractivity contribution in [2.45, 2.75) is 24.7 Å². The zero-order chi connectivity index (χ0) is 17.6. The van der Waals surface area contributed by atoms with Crippen molar-refractivity contribution in [2.24, 2.45) is 0 Å². The second-order valence-corrected chi connectivity index (χ2v) is 8.17. The lowest BCUT2D eigenvalue weighted by Crippen LogP contribution is -2.35. The summed E-state index contributed by atoms with van der Waals surface area (Å²) in [5.41, 5.74) is 3.28. The van der Waals surface area contributed by atoms with Gasteiger partial charge in [0.25, 0.3) is 15.9 Å². The van der Waals surface area contributed by atoms with E-state index in [1.807, 2.05) is 25.1 Å². The maximum atomic E-state index is 13.2. The number of sulfonamides is 1. The van der Waals surface area contributed by atoms with Gasteiger partial charge >= 0.3 is 0 Å². The first kappa shape index (κ1) is 16.0.